The van der Waals surface area contributed by atoms with Gasteiger partial charge in [-0.3, -0.25) is 4.68 Å². The van der Waals surface area contributed by atoms with Crippen LogP contribution < -0.4 is 0 Å². The maximum Gasteiger partial charge on any atom is 0.155 e. The van der Waals surface area contributed by atoms with E-state index >= 15 is 0 Å². The first-order valence-electron chi connectivity index (χ1n) is 10.9. The van der Waals surface area contributed by atoms with Crippen molar-refractivity contribution in [2.24, 2.45) is 17.8 Å². The Hall–Kier alpha value is -3.18. The van der Waals surface area contributed by atoms with Crippen molar-refractivity contribution in [2.45, 2.75) is 42.7 Å². The highest BCUT2D eigenvalue weighted by Gasteiger charge is 2.52. The fourth-order valence-electron chi connectivity index (χ4n) is 5.30. The summed E-state index contributed by atoms with van der Waals surface area (Å²) in [4.78, 5) is 4.90. The molecule has 2 unspecified atom stereocenters. The molecule has 4 heterocycles. The lowest BCUT2D eigenvalue weighted by Crippen LogP contribution is -2.07. The zero-order valence-electron chi connectivity index (χ0n) is 17.6. The summed E-state index contributed by atoms with van der Waals surface area (Å²) >= 11 is 1.21. The molecule has 0 radical (unpaired) electrons. The molecule has 0 spiro atoms. The Labute approximate surface area is 189 Å². The molecular formula is C24H21FN6S. The van der Waals surface area contributed by atoms with Gasteiger partial charge >= 0.3 is 0 Å². The smallest absolute Gasteiger partial charge is 0.155 e. The van der Waals surface area contributed by atoms with E-state index in [9.17, 15) is 9.65 Å². The number of hydrogen-bond acceptors (Lipinski definition) is 5. The summed E-state index contributed by atoms with van der Waals surface area (Å²) in [6.45, 7) is 3.07. The largest absolute Gasteiger partial charge is 0.269 e. The van der Waals surface area contributed by atoms with Crippen molar-refractivity contribution in [3.05, 3.63) is 60.1 Å². The van der Waals surface area contributed by atoms with E-state index in [0.29, 0.717) is 11.1 Å². The van der Waals surface area contributed by atoms with E-state index in [-0.39, 0.29) is 5.03 Å². The van der Waals surface area contributed by atoms with Crippen LogP contribution in [0, 0.1) is 41.8 Å². The van der Waals surface area contributed by atoms with E-state index in [2.05, 4.69) is 32.9 Å². The summed E-state index contributed by atoms with van der Waals surface area (Å²) in [7, 11) is 0. The molecule has 0 aromatic carbocycles. The second-order valence-electron chi connectivity index (χ2n) is 8.70. The normalized spacial score (nSPS) is 21.6. The topological polar surface area (TPSA) is 71.8 Å². The van der Waals surface area contributed by atoms with Crippen LogP contribution in [0.2, 0.25) is 0 Å². The van der Waals surface area contributed by atoms with Crippen molar-refractivity contribution in [3.8, 4) is 17.2 Å². The first-order chi connectivity index (χ1) is 15.6. The lowest BCUT2D eigenvalue weighted by atomic mass is 10.1. The molecule has 2 atom stereocenters. The van der Waals surface area contributed by atoms with Crippen LogP contribution in [0.25, 0.3) is 16.6 Å². The number of pyridine rings is 2. The van der Waals surface area contributed by atoms with Crippen LogP contribution in [-0.2, 0) is 6.54 Å². The number of hydrogen-bond donors (Lipinski definition) is 0. The zero-order chi connectivity index (χ0) is 21.8. The Morgan fingerprint density at radius 1 is 1.25 bits per heavy atom. The van der Waals surface area contributed by atoms with E-state index in [1.54, 1.807) is 23.0 Å². The van der Waals surface area contributed by atoms with Crippen LogP contribution in [0.1, 0.15) is 30.5 Å². The van der Waals surface area contributed by atoms with Crippen LogP contribution in [0.5, 0.6) is 0 Å². The van der Waals surface area contributed by atoms with Crippen molar-refractivity contribution in [1.29, 1.82) is 5.26 Å². The van der Waals surface area contributed by atoms with Gasteiger partial charge in [0.15, 0.2) is 5.82 Å². The van der Waals surface area contributed by atoms with Gasteiger partial charge in [-0.05, 0) is 55.7 Å². The number of nitrogens with zero attached hydrogens (tertiary/aromatic N) is 6. The van der Waals surface area contributed by atoms with Gasteiger partial charge in [0.25, 0.3) is 0 Å². The van der Waals surface area contributed by atoms with Crippen molar-refractivity contribution in [1.82, 2.24) is 24.4 Å². The van der Waals surface area contributed by atoms with Crippen LogP contribution in [0.15, 0.2) is 52.9 Å². The number of halogens is 1. The van der Waals surface area contributed by atoms with E-state index in [1.807, 2.05) is 18.5 Å². The van der Waals surface area contributed by atoms with E-state index in [1.165, 1.54) is 37.1 Å². The van der Waals surface area contributed by atoms with Gasteiger partial charge in [0.1, 0.15) is 11.1 Å². The standard InChI is InChI=1S/C24H21FN6S/c1-14-19(11-29-30(14)13-20-17-4-2-5-18(17)20)15-8-22(32-24-21(25)6-3-7-27-24)23-16(9-26)10-28-31(23)12-15/h3,6-8,10-12,17-18,20H,2,4-5,13H2,1H3. The van der Waals surface area contributed by atoms with E-state index < -0.39 is 5.82 Å². The van der Waals surface area contributed by atoms with Crippen LogP contribution >= 0.6 is 11.8 Å². The monoisotopic (exact) mass is 444 g/mol. The van der Waals surface area contributed by atoms with Gasteiger partial charge in [0.05, 0.1) is 23.5 Å². The second kappa shape index (κ2) is 7.45. The van der Waals surface area contributed by atoms with Gasteiger partial charge in [0.2, 0.25) is 0 Å². The van der Waals surface area contributed by atoms with E-state index in [0.717, 1.165) is 46.0 Å². The third kappa shape index (κ3) is 3.11. The molecule has 0 N–H and O–H groups in total. The molecule has 0 aliphatic heterocycles. The van der Waals surface area contributed by atoms with Gasteiger partial charge in [-0.25, -0.2) is 13.9 Å². The maximum atomic E-state index is 14.3. The Balaban J connectivity index is 1.40. The summed E-state index contributed by atoms with van der Waals surface area (Å²) in [6.07, 6.45) is 11.0. The third-order valence-electron chi connectivity index (χ3n) is 7.01. The average Bonchev–Trinajstić information content (AvgIpc) is 3.22. The first-order valence-corrected chi connectivity index (χ1v) is 11.7. The van der Waals surface area contributed by atoms with Gasteiger partial charge in [-0.15, -0.1) is 0 Å². The van der Waals surface area contributed by atoms with Gasteiger partial charge in [-0.2, -0.15) is 15.5 Å². The molecule has 8 heteroatoms. The predicted molar refractivity (Wildman–Crippen MR) is 119 cm³/mol. The minimum absolute atomic E-state index is 0.268. The molecule has 2 saturated carbocycles. The average molecular weight is 445 g/mol. The molecule has 6 rings (SSSR count). The lowest BCUT2D eigenvalue weighted by molar-refractivity contribution is 0.471. The lowest BCUT2D eigenvalue weighted by Gasteiger charge is -2.10. The quantitative estimate of drug-likeness (QED) is 0.428. The summed E-state index contributed by atoms with van der Waals surface area (Å²) in [5.41, 5.74) is 4.17. The summed E-state index contributed by atoms with van der Waals surface area (Å²) in [6, 6.07) is 7.12. The molecule has 6 nitrogen and oxygen atoms in total. The number of fused-ring (bicyclic) bond motifs is 2. The highest BCUT2D eigenvalue weighted by molar-refractivity contribution is 7.99. The molecular weight excluding hydrogens is 423 g/mol. The molecule has 4 aromatic heterocycles. The first kappa shape index (κ1) is 19.5. The van der Waals surface area contributed by atoms with Crippen LogP contribution in [0.3, 0.4) is 0 Å². The molecule has 0 bridgehead atoms. The Bertz CT molecular complexity index is 1370. The predicted octanol–water partition coefficient (Wildman–Crippen LogP) is 5.11. The zero-order valence-corrected chi connectivity index (χ0v) is 18.4. The molecule has 2 fully saturated rings. The summed E-state index contributed by atoms with van der Waals surface area (Å²) < 4.78 is 18.1. The molecule has 0 amide bonds. The highest BCUT2D eigenvalue weighted by atomic mass is 32.2. The van der Waals surface area contributed by atoms with Gasteiger partial charge in [-0.1, -0.05) is 18.2 Å². The fraction of sp³-hybridized carbons (Fsp3) is 0.333. The number of nitriles is 1. The molecule has 2 aliphatic rings. The van der Waals surface area contributed by atoms with Crippen molar-refractivity contribution < 1.29 is 4.39 Å². The van der Waals surface area contributed by atoms with Crippen molar-refractivity contribution in [2.75, 3.05) is 0 Å². The van der Waals surface area contributed by atoms with Gasteiger partial charge < -0.3 is 0 Å². The minimum Gasteiger partial charge on any atom is -0.269 e. The summed E-state index contributed by atoms with van der Waals surface area (Å²) in [5, 5.41) is 18.9. The maximum absolute atomic E-state index is 14.3. The third-order valence-corrected chi connectivity index (χ3v) is 8.04. The SMILES string of the molecule is Cc1c(-c2cc(Sc3ncccc3F)c3c(C#N)cnn3c2)cnn1CC1C2CCCC21. The van der Waals surface area contributed by atoms with Crippen LogP contribution in [0.4, 0.5) is 4.39 Å². The molecule has 160 valence electrons. The van der Waals surface area contributed by atoms with E-state index in [4.69, 9.17) is 0 Å². The molecule has 4 aromatic rings. The van der Waals surface area contributed by atoms with Gasteiger partial charge in [0, 0.05) is 40.7 Å². The Morgan fingerprint density at radius 2 is 2.09 bits per heavy atom. The Morgan fingerprint density at radius 3 is 2.88 bits per heavy atom. The van der Waals surface area contributed by atoms with Crippen molar-refractivity contribution >= 4 is 17.3 Å². The second-order valence-corrected chi connectivity index (χ2v) is 9.73. The number of rotatable bonds is 5. The molecule has 2 aliphatic carbocycles. The molecule has 32 heavy (non-hydrogen) atoms. The highest BCUT2D eigenvalue weighted by Crippen LogP contribution is 2.58. The van der Waals surface area contributed by atoms with Crippen LogP contribution in [-0.4, -0.2) is 24.4 Å². The number of aromatic nitrogens is 5. The fourth-order valence-corrected chi connectivity index (χ4v) is 6.27. The molecule has 0 saturated heterocycles. The van der Waals surface area contributed by atoms with Crippen molar-refractivity contribution in [3.63, 3.8) is 0 Å². The Kier molecular flexibility index (Phi) is 4.54. The summed E-state index contributed by atoms with van der Waals surface area (Å²) in [5.74, 6) is 2.16. The minimum atomic E-state index is -0.391.